The van der Waals surface area contributed by atoms with Crippen LogP contribution in [0.5, 0.6) is 0 Å². The van der Waals surface area contributed by atoms with E-state index in [9.17, 15) is 13.2 Å². The van der Waals surface area contributed by atoms with Crippen LogP contribution in [-0.2, 0) is 0 Å². The Bertz CT molecular complexity index is 729. The Balaban J connectivity index is 2.84. The molecule has 0 N–H and O–H groups in total. The van der Waals surface area contributed by atoms with E-state index in [0.29, 0.717) is 22.2 Å². The molecule has 0 spiro atoms. The van der Waals surface area contributed by atoms with Crippen molar-refractivity contribution in [2.24, 2.45) is 0 Å². The third kappa shape index (κ3) is 3.17. The van der Waals surface area contributed by atoms with Crippen LogP contribution in [0.4, 0.5) is 13.2 Å². The zero-order valence-corrected chi connectivity index (χ0v) is 16.8. The summed E-state index contributed by atoms with van der Waals surface area (Å²) in [6, 6.07) is 10.0. The average Bonchev–Trinajstić information content (AvgIpc) is 2.53. The molecule has 0 amide bonds. The largest absolute Gasteiger partial charge is 0.204 e. The highest BCUT2D eigenvalue weighted by Crippen LogP contribution is 2.43. The highest BCUT2D eigenvalue weighted by molar-refractivity contribution is 6.95. The van der Waals surface area contributed by atoms with Gasteiger partial charge in [0.1, 0.15) is 0 Å². The summed E-state index contributed by atoms with van der Waals surface area (Å²) in [6.07, 6.45) is 0. The lowest BCUT2D eigenvalue weighted by Crippen LogP contribution is -2.56. The van der Waals surface area contributed by atoms with E-state index in [0.717, 1.165) is 11.3 Å². The summed E-state index contributed by atoms with van der Waals surface area (Å²) in [6.45, 7) is 13.4. The minimum atomic E-state index is -2.07. The van der Waals surface area contributed by atoms with Gasteiger partial charge in [-0.1, -0.05) is 71.0 Å². The van der Waals surface area contributed by atoms with Gasteiger partial charge in [0.05, 0.1) is 8.07 Å². The van der Waals surface area contributed by atoms with E-state index in [1.54, 1.807) is 0 Å². The van der Waals surface area contributed by atoms with Crippen LogP contribution in [0.2, 0.25) is 16.6 Å². The van der Waals surface area contributed by atoms with Crippen molar-refractivity contribution in [2.75, 3.05) is 0 Å². The van der Waals surface area contributed by atoms with Crippen LogP contribution in [0, 0.1) is 17.5 Å². The molecule has 2 aromatic carbocycles. The first-order valence-electron chi connectivity index (χ1n) is 8.89. The molecular formula is C21H27F3Si. The fourth-order valence-electron chi connectivity index (χ4n) is 4.76. The van der Waals surface area contributed by atoms with Crippen LogP contribution in [-0.4, -0.2) is 8.07 Å². The number of hydrogen-bond donors (Lipinski definition) is 0. The molecule has 4 heteroatoms. The summed E-state index contributed by atoms with van der Waals surface area (Å²) in [5.74, 6) is -3.66. The maximum Gasteiger partial charge on any atom is 0.195 e. The maximum atomic E-state index is 14.5. The lowest BCUT2D eigenvalue weighted by atomic mass is 10.0. The Morgan fingerprint density at radius 3 is 1.68 bits per heavy atom. The van der Waals surface area contributed by atoms with Gasteiger partial charge in [-0.2, -0.15) is 0 Å². The lowest BCUT2D eigenvalue weighted by molar-refractivity contribution is 0.449. The summed E-state index contributed by atoms with van der Waals surface area (Å²) in [5.41, 5.74) is 2.14. The van der Waals surface area contributed by atoms with E-state index in [1.165, 1.54) is 6.07 Å². The third-order valence-electron chi connectivity index (χ3n) is 5.58. The molecule has 0 nitrogen and oxygen atoms in total. The van der Waals surface area contributed by atoms with Crippen molar-refractivity contribution in [3.8, 4) is 11.1 Å². The molecule has 0 fully saturated rings. The fourth-order valence-corrected chi connectivity index (χ4v) is 11.7. The SMILES string of the molecule is CC(C)[Si](c1ccccc1-c1ccc(F)c(F)c1F)(C(C)C)C(C)C. The van der Waals surface area contributed by atoms with Crippen LogP contribution in [0.1, 0.15) is 41.5 Å². The smallest absolute Gasteiger partial charge is 0.195 e. The number of rotatable bonds is 5. The highest BCUT2D eigenvalue weighted by atomic mass is 28.3. The van der Waals surface area contributed by atoms with Crippen molar-refractivity contribution in [2.45, 2.75) is 58.2 Å². The Hall–Kier alpha value is -1.55. The van der Waals surface area contributed by atoms with Crippen molar-refractivity contribution < 1.29 is 13.2 Å². The second-order valence-electron chi connectivity index (χ2n) is 7.67. The summed E-state index contributed by atoms with van der Waals surface area (Å²) in [4.78, 5) is 0. The van der Waals surface area contributed by atoms with Gasteiger partial charge in [-0.3, -0.25) is 0 Å². The zero-order chi connectivity index (χ0) is 18.9. The Labute approximate surface area is 150 Å². The molecule has 0 aliphatic rings. The summed E-state index contributed by atoms with van der Waals surface area (Å²) in [7, 11) is -2.07. The second kappa shape index (κ2) is 7.36. The van der Waals surface area contributed by atoms with Crippen LogP contribution >= 0.6 is 0 Å². The monoisotopic (exact) mass is 364 g/mol. The van der Waals surface area contributed by atoms with E-state index in [1.807, 2.05) is 18.2 Å². The van der Waals surface area contributed by atoms with Gasteiger partial charge in [0.2, 0.25) is 0 Å². The van der Waals surface area contributed by atoms with Gasteiger partial charge < -0.3 is 0 Å². The number of benzene rings is 2. The molecule has 0 radical (unpaired) electrons. The van der Waals surface area contributed by atoms with Crippen LogP contribution < -0.4 is 5.19 Å². The predicted molar refractivity (Wildman–Crippen MR) is 102 cm³/mol. The molecule has 25 heavy (non-hydrogen) atoms. The number of halogens is 3. The van der Waals surface area contributed by atoms with E-state index >= 15 is 0 Å². The molecule has 0 unspecified atom stereocenters. The average molecular weight is 365 g/mol. The molecule has 136 valence electrons. The van der Waals surface area contributed by atoms with Gasteiger partial charge >= 0.3 is 0 Å². The zero-order valence-electron chi connectivity index (χ0n) is 15.8. The molecule has 0 atom stereocenters. The topological polar surface area (TPSA) is 0 Å². The normalized spacial score (nSPS) is 12.5. The first kappa shape index (κ1) is 19.8. The molecule has 2 rings (SSSR count). The molecule has 0 aliphatic carbocycles. The molecule has 0 saturated carbocycles. The van der Waals surface area contributed by atoms with E-state index < -0.39 is 25.5 Å². The van der Waals surface area contributed by atoms with Crippen LogP contribution in [0.25, 0.3) is 11.1 Å². The molecular weight excluding hydrogens is 337 g/mol. The Morgan fingerprint density at radius 1 is 0.640 bits per heavy atom. The Morgan fingerprint density at radius 2 is 1.16 bits per heavy atom. The highest BCUT2D eigenvalue weighted by Gasteiger charge is 2.45. The van der Waals surface area contributed by atoms with Crippen molar-refractivity contribution in [1.29, 1.82) is 0 Å². The number of hydrogen-bond acceptors (Lipinski definition) is 0. The molecule has 0 heterocycles. The van der Waals surface area contributed by atoms with Gasteiger partial charge in [-0.05, 0) is 34.3 Å². The second-order valence-corrected chi connectivity index (χ2v) is 13.5. The van der Waals surface area contributed by atoms with Crippen LogP contribution in [0.3, 0.4) is 0 Å². The van der Waals surface area contributed by atoms with Crippen molar-refractivity contribution in [3.05, 3.63) is 53.8 Å². The van der Waals surface area contributed by atoms with E-state index in [2.05, 4.69) is 47.6 Å². The maximum absolute atomic E-state index is 14.5. The summed E-state index contributed by atoms with van der Waals surface area (Å²) in [5, 5.41) is 1.12. The quantitative estimate of drug-likeness (QED) is 0.411. The van der Waals surface area contributed by atoms with Gasteiger partial charge in [-0.25, -0.2) is 13.2 Å². The minimum Gasteiger partial charge on any atom is -0.204 e. The molecule has 0 saturated heterocycles. The first-order chi connectivity index (χ1) is 11.7. The minimum absolute atomic E-state index is 0.147. The van der Waals surface area contributed by atoms with Gasteiger partial charge in [-0.15, -0.1) is 0 Å². The van der Waals surface area contributed by atoms with Crippen molar-refractivity contribution >= 4 is 13.3 Å². The van der Waals surface area contributed by atoms with Crippen molar-refractivity contribution in [3.63, 3.8) is 0 Å². The van der Waals surface area contributed by atoms with E-state index in [-0.39, 0.29) is 5.56 Å². The fraction of sp³-hybridized carbons (Fsp3) is 0.429. The first-order valence-corrected chi connectivity index (χ1v) is 11.1. The Kier molecular flexibility index (Phi) is 5.82. The van der Waals surface area contributed by atoms with Gasteiger partial charge in [0.15, 0.2) is 17.5 Å². The predicted octanol–water partition coefficient (Wildman–Crippen LogP) is 6.66. The lowest BCUT2D eigenvalue weighted by Gasteiger charge is -2.44. The molecule has 0 aromatic heterocycles. The van der Waals surface area contributed by atoms with Crippen molar-refractivity contribution in [1.82, 2.24) is 0 Å². The molecule has 0 bridgehead atoms. The summed E-state index contributed by atoms with van der Waals surface area (Å²) >= 11 is 0. The summed E-state index contributed by atoms with van der Waals surface area (Å²) < 4.78 is 41.8. The third-order valence-corrected chi connectivity index (χ3v) is 12.7. The standard InChI is InChI=1S/C21H27F3Si/c1-13(2)25(14(3)4,15(5)6)19-10-8-7-9-16(19)17-11-12-18(22)21(24)20(17)23/h7-15H,1-6H3. The van der Waals surface area contributed by atoms with Gasteiger partial charge in [0.25, 0.3) is 0 Å². The molecule has 0 aliphatic heterocycles. The van der Waals surface area contributed by atoms with E-state index in [4.69, 9.17) is 0 Å². The van der Waals surface area contributed by atoms with Crippen LogP contribution in [0.15, 0.2) is 36.4 Å². The van der Waals surface area contributed by atoms with Gasteiger partial charge in [0, 0.05) is 5.56 Å². The molecule has 2 aromatic rings.